The van der Waals surface area contributed by atoms with E-state index in [-0.39, 0.29) is 24.3 Å². The Balaban J connectivity index is 1.95. The van der Waals surface area contributed by atoms with Crippen LogP contribution in [0.1, 0.15) is 37.8 Å². The fourth-order valence-electron chi connectivity index (χ4n) is 3.04. The van der Waals surface area contributed by atoms with Crippen LogP contribution in [0.15, 0.2) is 24.3 Å². The van der Waals surface area contributed by atoms with Gasteiger partial charge in [-0.3, -0.25) is 9.59 Å². The second-order valence-electron chi connectivity index (χ2n) is 6.31. The minimum Gasteiger partial charge on any atom is -0.481 e. The van der Waals surface area contributed by atoms with Crippen LogP contribution in [0.5, 0.6) is 0 Å². The molecule has 21 heavy (non-hydrogen) atoms. The monoisotopic (exact) mass is 289 g/mol. The summed E-state index contributed by atoms with van der Waals surface area (Å²) in [5.41, 5.74) is 2.47. The van der Waals surface area contributed by atoms with Crippen molar-refractivity contribution < 1.29 is 14.7 Å². The first-order valence-corrected chi connectivity index (χ1v) is 7.54. The van der Waals surface area contributed by atoms with E-state index in [1.807, 2.05) is 26.0 Å². The molecule has 1 aliphatic carbocycles. The molecule has 1 amide bonds. The first-order chi connectivity index (χ1) is 9.95. The number of nitrogens with one attached hydrogen (secondary N) is 1. The van der Waals surface area contributed by atoms with Crippen LogP contribution >= 0.6 is 0 Å². The van der Waals surface area contributed by atoms with Gasteiger partial charge >= 0.3 is 5.97 Å². The summed E-state index contributed by atoms with van der Waals surface area (Å²) in [6, 6.07) is 7.83. The van der Waals surface area contributed by atoms with Crippen LogP contribution in [-0.2, 0) is 22.4 Å². The van der Waals surface area contributed by atoms with Gasteiger partial charge in [-0.1, -0.05) is 38.1 Å². The van der Waals surface area contributed by atoms with Gasteiger partial charge in [0, 0.05) is 12.0 Å². The molecule has 0 heterocycles. The number of aliphatic carboxylic acids is 1. The highest BCUT2D eigenvalue weighted by Crippen LogP contribution is 2.26. The summed E-state index contributed by atoms with van der Waals surface area (Å²) >= 11 is 0. The highest BCUT2D eigenvalue weighted by molar-refractivity contribution is 5.81. The number of carboxylic acids is 1. The predicted octanol–water partition coefficient (Wildman–Crippen LogP) is 2.41. The third-order valence-corrected chi connectivity index (χ3v) is 3.95. The second-order valence-corrected chi connectivity index (χ2v) is 6.31. The highest BCUT2D eigenvalue weighted by atomic mass is 16.4. The molecule has 4 nitrogen and oxygen atoms in total. The molecule has 4 heteroatoms. The topological polar surface area (TPSA) is 66.4 Å². The Bertz CT molecular complexity index is 500. The molecular formula is C17H23NO3. The Labute approximate surface area is 125 Å². The van der Waals surface area contributed by atoms with E-state index >= 15 is 0 Å². The average molecular weight is 289 g/mol. The molecule has 0 radical (unpaired) electrons. The molecule has 0 unspecified atom stereocenters. The lowest BCUT2D eigenvalue weighted by atomic mass is 9.99. The minimum atomic E-state index is -0.865. The molecule has 1 aliphatic rings. The molecule has 0 saturated heterocycles. The third kappa shape index (κ3) is 4.31. The van der Waals surface area contributed by atoms with Gasteiger partial charge in [0.15, 0.2) is 0 Å². The standard InChI is InChI=1S/C17H23NO3/c1-11(2)7-15(10-16(19)20)18-17(21)14-8-12-5-3-4-6-13(12)9-14/h3-6,11,14-15H,7-10H2,1-2H3,(H,18,21)(H,19,20)/t15-/m1/s1. The van der Waals surface area contributed by atoms with Gasteiger partial charge in [-0.2, -0.15) is 0 Å². The summed E-state index contributed by atoms with van der Waals surface area (Å²) in [4.78, 5) is 23.3. The Kier molecular flexibility index (Phi) is 4.99. The van der Waals surface area contributed by atoms with Gasteiger partial charge in [-0.05, 0) is 36.3 Å². The smallest absolute Gasteiger partial charge is 0.305 e. The largest absolute Gasteiger partial charge is 0.481 e. The van der Waals surface area contributed by atoms with E-state index in [1.54, 1.807) is 0 Å². The van der Waals surface area contributed by atoms with Crippen LogP contribution in [0.25, 0.3) is 0 Å². The van der Waals surface area contributed by atoms with E-state index in [1.165, 1.54) is 11.1 Å². The Hall–Kier alpha value is -1.84. The number of fused-ring (bicyclic) bond motifs is 1. The third-order valence-electron chi connectivity index (χ3n) is 3.95. The molecule has 2 N–H and O–H groups in total. The molecule has 0 saturated carbocycles. The molecular weight excluding hydrogens is 266 g/mol. The number of rotatable bonds is 6. The van der Waals surface area contributed by atoms with E-state index in [4.69, 9.17) is 5.11 Å². The van der Waals surface area contributed by atoms with E-state index in [0.29, 0.717) is 12.3 Å². The maximum absolute atomic E-state index is 12.4. The summed E-state index contributed by atoms with van der Waals surface area (Å²) in [6.45, 7) is 4.07. The Morgan fingerprint density at radius 2 is 1.81 bits per heavy atom. The fraction of sp³-hybridized carbons (Fsp3) is 0.529. The first kappa shape index (κ1) is 15.5. The maximum atomic E-state index is 12.4. The summed E-state index contributed by atoms with van der Waals surface area (Å²) in [7, 11) is 0. The van der Waals surface area contributed by atoms with E-state index in [9.17, 15) is 9.59 Å². The van der Waals surface area contributed by atoms with Crippen LogP contribution in [-0.4, -0.2) is 23.0 Å². The quantitative estimate of drug-likeness (QED) is 0.845. The zero-order chi connectivity index (χ0) is 15.4. The number of amides is 1. The van der Waals surface area contributed by atoms with Crippen LogP contribution in [0, 0.1) is 11.8 Å². The molecule has 1 atom stereocenters. The molecule has 0 aliphatic heterocycles. The SMILES string of the molecule is CC(C)C[C@H](CC(=O)O)NC(=O)C1Cc2ccccc2C1. The van der Waals surface area contributed by atoms with Crippen molar-refractivity contribution >= 4 is 11.9 Å². The Morgan fingerprint density at radius 1 is 1.24 bits per heavy atom. The minimum absolute atomic E-state index is 0.0103. The number of carbonyl (C=O) groups excluding carboxylic acids is 1. The van der Waals surface area contributed by atoms with Gasteiger partial charge in [0.05, 0.1) is 6.42 Å². The summed E-state index contributed by atoms with van der Waals surface area (Å²) in [5, 5.41) is 11.9. The molecule has 0 spiro atoms. The summed E-state index contributed by atoms with van der Waals surface area (Å²) < 4.78 is 0. The summed E-state index contributed by atoms with van der Waals surface area (Å²) in [5.74, 6) is -0.588. The van der Waals surface area contributed by atoms with Crippen LogP contribution in [0.4, 0.5) is 0 Å². The zero-order valence-corrected chi connectivity index (χ0v) is 12.6. The van der Waals surface area contributed by atoms with Crippen molar-refractivity contribution in [1.82, 2.24) is 5.32 Å². The van der Waals surface area contributed by atoms with Gasteiger partial charge in [-0.25, -0.2) is 0 Å². The van der Waals surface area contributed by atoms with Crippen molar-refractivity contribution in [3.63, 3.8) is 0 Å². The lowest BCUT2D eigenvalue weighted by molar-refractivity contribution is -0.138. The number of carboxylic acid groups (broad SMARTS) is 1. The van der Waals surface area contributed by atoms with Gasteiger partial charge in [0.25, 0.3) is 0 Å². The molecule has 1 aromatic carbocycles. The molecule has 114 valence electrons. The van der Waals surface area contributed by atoms with Gasteiger partial charge in [0.2, 0.25) is 5.91 Å². The van der Waals surface area contributed by atoms with Crippen LogP contribution < -0.4 is 5.32 Å². The molecule has 0 aromatic heterocycles. The normalized spacial score (nSPS) is 15.8. The van der Waals surface area contributed by atoms with E-state index in [0.717, 1.165) is 12.8 Å². The van der Waals surface area contributed by atoms with E-state index in [2.05, 4.69) is 17.4 Å². The molecule has 0 bridgehead atoms. The van der Waals surface area contributed by atoms with Gasteiger partial charge in [0.1, 0.15) is 0 Å². The number of hydrogen-bond acceptors (Lipinski definition) is 2. The molecule has 0 fully saturated rings. The van der Waals surface area contributed by atoms with Crippen LogP contribution in [0.2, 0.25) is 0 Å². The van der Waals surface area contributed by atoms with Crippen molar-refractivity contribution in [2.24, 2.45) is 11.8 Å². The number of benzene rings is 1. The van der Waals surface area contributed by atoms with Crippen molar-refractivity contribution in [3.05, 3.63) is 35.4 Å². The number of carbonyl (C=O) groups is 2. The van der Waals surface area contributed by atoms with Gasteiger partial charge in [-0.15, -0.1) is 0 Å². The lowest BCUT2D eigenvalue weighted by Crippen LogP contribution is -2.41. The zero-order valence-electron chi connectivity index (χ0n) is 12.6. The maximum Gasteiger partial charge on any atom is 0.305 e. The van der Waals surface area contributed by atoms with Crippen molar-refractivity contribution in [3.8, 4) is 0 Å². The number of hydrogen-bond donors (Lipinski definition) is 2. The summed E-state index contributed by atoms with van der Waals surface area (Å²) in [6.07, 6.45) is 2.19. The van der Waals surface area contributed by atoms with Crippen molar-refractivity contribution in [2.45, 2.75) is 45.6 Å². The van der Waals surface area contributed by atoms with E-state index < -0.39 is 5.97 Å². The molecule has 1 aromatic rings. The second kappa shape index (κ2) is 6.74. The predicted molar refractivity (Wildman–Crippen MR) is 81.0 cm³/mol. The van der Waals surface area contributed by atoms with Crippen molar-refractivity contribution in [1.29, 1.82) is 0 Å². The average Bonchev–Trinajstić information content (AvgIpc) is 2.80. The Morgan fingerprint density at radius 3 is 2.29 bits per heavy atom. The highest BCUT2D eigenvalue weighted by Gasteiger charge is 2.29. The molecule has 2 rings (SSSR count). The first-order valence-electron chi connectivity index (χ1n) is 7.54. The van der Waals surface area contributed by atoms with Crippen LogP contribution in [0.3, 0.4) is 0 Å². The van der Waals surface area contributed by atoms with Crippen molar-refractivity contribution in [2.75, 3.05) is 0 Å². The lowest BCUT2D eigenvalue weighted by Gasteiger charge is -2.21. The van der Waals surface area contributed by atoms with Gasteiger partial charge < -0.3 is 10.4 Å². The fourth-order valence-corrected chi connectivity index (χ4v) is 3.04.